The van der Waals surface area contributed by atoms with Crippen LogP contribution in [0.15, 0.2) is 42.5 Å². The zero-order chi connectivity index (χ0) is 16.8. The molecule has 118 valence electrons. The van der Waals surface area contributed by atoms with Crippen LogP contribution in [0.25, 0.3) is 0 Å². The lowest BCUT2D eigenvalue weighted by atomic mass is 9.87. The van der Waals surface area contributed by atoms with Crippen LogP contribution in [0, 0.1) is 0 Å². The topological polar surface area (TPSA) is 46.6 Å². The maximum Gasteiger partial charge on any atom is 0.265 e. The SMILES string of the molecule is CN1C(=O)c2cccc(Oc3ccc(C(C)(C)C)cc3)c2C1=O. The summed E-state index contributed by atoms with van der Waals surface area (Å²) in [6.07, 6.45) is 0. The first-order valence-electron chi connectivity index (χ1n) is 7.53. The minimum Gasteiger partial charge on any atom is -0.457 e. The number of hydrogen-bond acceptors (Lipinski definition) is 3. The average molecular weight is 309 g/mol. The van der Waals surface area contributed by atoms with Gasteiger partial charge in [-0.05, 0) is 35.2 Å². The van der Waals surface area contributed by atoms with E-state index in [0.717, 1.165) is 4.90 Å². The van der Waals surface area contributed by atoms with Crippen LogP contribution in [-0.2, 0) is 5.41 Å². The Morgan fingerprint density at radius 3 is 2.17 bits per heavy atom. The van der Waals surface area contributed by atoms with Gasteiger partial charge in [0.2, 0.25) is 0 Å². The molecule has 0 aromatic heterocycles. The monoisotopic (exact) mass is 309 g/mol. The van der Waals surface area contributed by atoms with Gasteiger partial charge in [-0.3, -0.25) is 14.5 Å². The van der Waals surface area contributed by atoms with Gasteiger partial charge >= 0.3 is 0 Å². The van der Waals surface area contributed by atoms with Crippen molar-refractivity contribution < 1.29 is 14.3 Å². The van der Waals surface area contributed by atoms with E-state index >= 15 is 0 Å². The van der Waals surface area contributed by atoms with Crippen molar-refractivity contribution in [1.82, 2.24) is 4.90 Å². The van der Waals surface area contributed by atoms with E-state index in [9.17, 15) is 9.59 Å². The lowest BCUT2D eigenvalue weighted by molar-refractivity contribution is 0.0692. The van der Waals surface area contributed by atoms with Crippen LogP contribution in [0.2, 0.25) is 0 Å². The highest BCUT2D eigenvalue weighted by atomic mass is 16.5. The summed E-state index contributed by atoms with van der Waals surface area (Å²) in [4.78, 5) is 25.4. The van der Waals surface area contributed by atoms with Crippen LogP contribution in [0.1, 0.15) is 47.1 Å². The predicted octanol–water partition coefficient (Wildman–Crippen LogP) is 4.00. The number of benzene rings is 2. The number of ether oxygens (including phenoxy) is 1. The fourth-order valence-electron chi connectivity index (χ4n) is 2.61. The summed E-state index contributed by atoms with van der Waals surface area (Å²) in [6, 6.07) is 12.9. The van der Waals surface area contributed by atoms with Gasteiger partial charge in [0.15, 0.2) is 0 Å². The molecule has 4 nitrogen and oxygen atoms in total. The van der Waals surface area contributed by atoms with Crippen molar-refractivity contribution in [1.29, 1.82) is 0 Å². The normalized spacial score (nSPS) is 14.2. The van der Waals surface area contributed by atoms with E-state index in [1.54, 1.807) is 18.2 Å². The molecule has 2 aromatic rings. The van der Waals surface area contributed by atoms with Gasteiger partial charge < -0.3 is 4.74 Å². The molecule has 3 rings (SSSR count). The number of carbonyl (C=O) groups is 2. The number of nitrogens with zero attached hydrogens (tertiary/aromatic N) is 1. The molecular formula is C19H19NO3. The van der Waals surface area contributed by atoms with Gasteiger partial charge in [0.25, 0.3) is 11.8 Å². The smallest absolute Gasteiger partial charge is 0.265 e. The first-order valence-corrected chi connectivity index (χ1v) is 7.53. The summed E-state index contributed by atoms with van der Waals surface area (Å²) < 4.78 is 5.86. The summed E-state index contributed by atoms with van der Waals surface area (Å²) in [5.41, 5.74) is 1.99. The van der Waals surface area contributed by atoms with Crippen molar-refractivity contribution in [3.63, 3.8) is 0 Å². The molecular weight excluding hydrogens is 290 g/mol. The third-order valence-electron chi connectivity index (χ3n) is 4.03. The molecule has 4 heteroatoms. The van der Waals surface area contributed by atoms with Crippen LogP contribution in [0.4, 0.5) is 0 Å². The molecule has 0 atom stereocenters. The van der Waals surface area contributed by atoms with Gasteiger partial charge in [-0.15, -0.1) is 0 Å². The minimum absolute atomic E-state index is 0.0671. The molecule has 0 bridgehead atoms. The summed E-state index contributed by atoms with van der Waals surface area (Å²) in [5, 5.41) is 0. The summed E-state index contributed by atoms with van der Waals surface area (Å²) in [6.45, 7) is 6.44. The highest BCUT2D eigenvalue weighted by Crippen LogP contribution is 2.34. The molecule has 0 saturated carbocycles. The van der Waals surface area contributed by atoms with Crippen molar-refractivity contribution >= 4 is 11.8 Å². The van der Waals surface area contributed by atoms with E-state index in [4.69, 9.17) is 4.74 Å². The summed E-state index contributed by atoms with van der Waals surface area (Å²) in [5.74, 6) is 0.431. The zero-order valence-electron chi connectivity index (χ0n) is 13.7. The second-order valence-electron chi connectivity index (χ2n) is 6.72. The van der Waals surface area contributed by atoms with Crippen LogP contribution in [-0.4, -0.2) is 23.8 Å². The second-order valence-corrected chi connectivity index (χ2v) is 6.72. The molecule has 0 radical (unpaired) electrons. The van der Waals surface area contributed by atoms with E-state index in [2.05, 4.69) is 20.8 Å². The molecule has 2 amide bonds. The third kappa shape index (κ3) is 2.61. The Hall–Kier alpha value is -2.62. The van der Waals surface area contributed by atoms with E-state index < -0.39 is 0 Å². The largest absolute Gasteiger partial charge is 0.457 e. The maximum absolute atomic E-state index is 12.2. The average Bonchev–Trinajstić information content (AvgIpc) is 2.73. The Labute approximate surface area is 135 Å². The first kappa shape index (κ1) is 15.3. The Morgan fingerprint density at radius 2 is 1.57 bits per heavy atom. The molecule has 0 saturated heterocycles. The fraction of sp³-hybridized carbons (Fsp3) is 0.263. The molecule has 23 heavy (non-hydrogen) atoms. The lowest BCUT2D eigenvalue weighted by Crippen LogP contribution is -2.24. The van der Waals surface area contributed by atoms with Crippen LogP contribution in [0.5, 0.6) is 11.5 Å². The number of fused-ring (bicyclic) bond motifs is 1. The molecule has 1 aliphatic heterocycles. The van der Waals surface area contributed by atoms with Gasteiger partial charge in [0, 0.05) is 7.05 Å². The van der Waals surface area contributed by atoms with Crippen molar-refractivity contribution in [3.05, 3.63) is 59.2 Å². The molecule has 0 unspecified atom stereocenters. The third-order valence-corrected chi connectivity index (χ3v) is 4.03. The standard InChI is InChI=1S/C19H19NO3/c1-19(2,3)12-8-10-13(11-9-12)23-15-7-5-6-14-16(15)18(22)20(4)17(14)21/h5-11H,1-4H3. The van der Waals surface area contributed by atoms with Crippen molar-refractivity contribution in [2.24, 2.45) is 0 Å². The van der Waals surface area contributed by atoms with Crippen molar-refractivity contribution in [3.8, 4) is 11.5 Å². The van der Waals surface area contributed by atoms with Crippen LogP contribution in [0.3, 0.4) is 0 Å². The summed E-state index contributed by atoms with van der Waals surface area (Å²) in [7, 11) is 1.48. The highest BCUT2D eigenvalue weighted by Gasteiger charge is 2.35. The van der Waals surface area contributed by atoms with Crippen LogP contribution >= 0.6 is 0 Å². The van der Waals surface area contributed by atoms with E-state index in [1.165, 1.54) is 12.6 Å². The lowest BCUT2D eigenvalue weighted by Gasteiger charge is -2.19. The number of carbonyl (C=O) groups excluding carboxylic acids is 2. The fourth-order valence-corrected chi connectivity index (χ4v) is 2.61. The van der Waals surface area contributed by atoms with Gasteiger partial charge in [-0.25, -0.2) is 0 Å². The Kier molecular flexibility index (Phi) is 3.48. The van der Waals surface area contributed by atoms with Gasteiger partial charge in [0.1, 0.15) is 11.5 Å². The zero-order valence-corrected chi connectivity index (χ0v) is 13.7. The summed E-state index contributed by atoms with van der Waals surface area (Å²) >= 11 is 0. The molecule has 0 spiro atoms. The molecule has 1 aliphatic rings. The predicted molar refractivity (Wildman–Crippen MR) is 88.1 cm³/mol. The maximum atomic E-state index is 12.2. The quantitative estimate of drug-likeness (QED) is 0.788. The Morgan fingerprint density at radius 1 is 0.913 bits per heavy atom. The Bertz CT molecular complexity index is 785. The van der Waals surface area contributed by atoms with E-state index in [1.807, 2.05) is 24.3 Å². The molecule has 0 fully saturated rings. The molecule has 0 aliphatic carbocycles. The van der Waals surface area contributed by atoms with Crippen molar-refractivity contribution in [2.45, 2.75) is 26.2 Å². The molecule has 2 aromatic carbocycles. The Balaban J connectivity index is 1.94. The van der Waals surface area contributed by atoms with Gasteiger partial charge in [-0.2, -0.15) is 0 Å². The first-order chi connectivity index (χ1) is 10.8. The van der Waals surface area contributed by atoms with E-state index in [-0.39, 0.29) is 17.2 Å². The van der Waals surface area contributed by atoms with Gasteiger partial charge in [-0.1, -0.05) is 39.0 Å². The molecule has 1 heterocycles. The number of imide groups is 1. The van der Waals surface area contributed by atoms with Crippen LogP contribution < -0.4 is 4.74 Å². The van der Waals surface area contributed by atoms with E-state index in [0.29, 0.717) is 22.6 Å². The van der Waals surface area contributed by atoms with Crippen molar-refractivity contribution in [2.75, 3.05) is 7.05 Å². The van der Waals surface area contributed by atoms with Gasteiger partial charge in [0.05, 0.1) is 11.1 Å². The molecule has 0 N–H and O–H groups in total. The number of hydrogen-bond donors (Lipinski definition) is 0. The minimum atomic E-state index is -0.327. The highest BCUT2D eigenvalue weighted by molar-refractivity contribution is 6.22. The second kappa shape index (κ2) is 5.23. The number of amides is 2. The number of rotatable bonds is 2.